The number of aliphatic carboxylic acids is 2. The predicted octanol–water partition coefficient (Wildman–Crippen LogP) is 3.32. The summed E-state index contributed by atoms with van der Waals surface area (Å²) < 4.78 is 10.5. The minimum absolute atomic E-state index is 0.178. The van der Waals surface area contributed by atoms with Gasteiger partial charge in [-0.1, -0.05) is 30.7 Å². The molecule has 2 aromatic carbocycles. The Balaban J connectivity index is 0.000000620. The zero-order chi connectivity index (χ0) is 25.5. The summed E-state index contributed by atoms with van der Waals surface area (Å²) in [5, 5.41) is 19.3. The second kappa shape index (κ2) is 15.3. The van der Waals surface area contributed by atoms with Gasteiger partial charge in [-0.3, -0.25) is 9.69 Å². The van der Waals surface area contributed by atoms with Crippen molar-refractivity contribution in [2.45, 2.75) is 13.5 Å². The average molecular weight is 493 g/mol. The fraction of sp³-hybridized carbons (Fsp3) is 0.292. The van der Waals surface area contributed by atoms with Crippen molar-refractivity contribution in [3.8, 4) is 11.5 Å². The average Bonchev–Trinajstić information content (AvgIpc) is 2.83. The van der Waals surface area contributed by atoms with Crippen LogP contribution < -0.4 is 14.8 Å². The van der Waals surface area contributed by atoms with Gasteiger partial charge in [0.1, 0.15) is 11.5 Å². The van der Waals surface area contributed by atoms with E-state index in [9.17, 15) is 14.4 Å². The number of amides is 1. The van der Waals surface area contributed by atoms with E-state index < -0.39 is 11.9 Å². The summed E-state index contributed by atoms with van der Waals surface area (Å²) in [7, 11) is 3.11. The van der Waals surface area contributed by atoms with E-state index >= 15 is 0 Å². The first kappa shape index (κ1) is 28.5. The molecule has 9 nitrogen and oxygen atoms in total. The molecule has 0 fully saturated rings. The molecule has 3 N–H and O–H groups in total. The molecule has 0 spiro atoms. The molecule has 0 unspecified atom stereocenters. The second-order valence-corrected chi connectivity index (χ2v) is 7.26. The fourth-order valence-corrected chi connectivity index (χ4v) is 2.88. The maximum Gasteiger partial charge on any atom is 0.328 e. The molecule has 0 saturated heterocycles. The third kappa shape index (κ3) is 10.8. The number of carbonyl (C=O) groups is 3. The van der Waals surface area contributed by atoms with E-state index in [4.69, 9.17) is 31.3 Å². The van der Waals surface area contributed by atoms with Gasteiger partial charge in [-0.2, -0.15) is 0 Å². The van der Waals surface area contributed by atoms with Crippen LogP contribution in [0.25, 0.3) is 0 Å². The Bertz CT molecular complexity index is 962. The third-order valence-corrected chi connectivity index (χ3v) is 4.75. The molecule has 0 bridgehead atoms. The first-order chi connectivity index (χ1) is 16.2. The first-order valence-corrected chi connectivity index (χ1v) is 10.7. The van der Waals surface area contributed by atoms with E-state index in [0.29, 0.717) is 35.8 Å². The molecule has 0 atom stereocenters. The van der Waals surface area contributed by atoms with Gasteiger partial charge in [-0.25, -0.2) is 9.59 Å². The summed E-state index contributed by atoms with van der Waals surface area (Å²) in [5.74, 6) is -1.55. The molecule has 0 aliphatic carbocycles. The van der Waals surface area contributed by atoms with Crippen LogP contribution >= 0.6 is 11.6 Å². The molecule has 2 aromatic rings. The van der Waals surface area contributed by atoms with Gasteiger partial charge >= 0.3 is 11.9 Å². The molecular formula is C24H29ClN2O7. The Kier molecular flexibility index (Phi) is 12.8. The monoisotopic (exact) mass is 492 g/mol. The second-order valence-electron chi connectivity index (χ2n) is 6.83. The van der Waals surface area contributed by atoms with Crippen molar-refractivity contribution >= 4 is 29.4 Å². The Morgan fingerprint density at radius 1 is 1.00 bits per heavy atom. The largest absolute Gasteiger partial charge is 0.497 e. The number of halogens is 1. The number of methoxy groups -OCH3 is 2. The standard InChI is InChI=1S/C20H25ClN2O3.C4H4O4/c1-4-23(14-15-5-7-16(21)8-6-15)12-11-22-20(24)18-13-17(25-2)9-10-19(18)26-3;5-3(6)1-2-4(7)8/h5-10,13H,4,11-12,14H2,1-3H3,(H,22,24);1-2H,(H,5,6)(H,7,8)/b;2-1+. The summed E-state index contributed by atoms with van der Waals surface area (Å²) in [6.45, 7) is 5.09. The zero-order valence-electron chi connectivity index (χ0n) is 19.3. The van der Waals surface area contributed by atoms with E-state index in [0.717, 1.165) is 24.7 Å². The Morgan fingerprint density at radius 2 is 1.62 bits per heavy atom. The Morgan fingerprint density at radius 3 is 2.12 bits per heavy atom. The third-order valence-electron chi connectivity index (χ3n) is 4.50. The quantitative estimate of drug-likeness (QED) is 0.408. The summed E-state index contributed by atoms with van der Waals surface area (Å²) >= 11 is 5.92. The van der Waals surface area contributed by atoms with E-state index in [2.05, 4.69) is 17.1 Å². The molecule has 0 aliphatic rings. The number of carboxylic acid groups (broad SMARTS) is 2. The van der Waals surface area contributed by atoms with Crippen molar-refractivity contribution < 1.29 is 34.1 Å². The number of hydrogen-bond acceptors (Lipinski definition) is 6. The Labute approximate surface area is 203 Å². The van der Waals surface area contributed by atoms with Crippen LogP contribution in [0.15, 0.2) is 54.6 Å². The van der Waals surface area contributed by atoms with Crippen molar-refractivity contribution in [2.24, 2.45) is 0 Å². The van der Waals surface area contributed by atoms with Crippen LogP contribution in [0, 0.1) is 0 Å². The molecule has 0 aromatic heterocycles. The van der Waals surface area contributed by atoms with Gasteiger partial charge < -0.3 is 25.0 Å². The van der Waals surface area contributed by atoms with Crippen molar-refractivity contribution in [1.82, 2.24) is 10.2 Å². The number of nitrogens with one attached hydrogen (secondary N) is 1. The maximum absolute atomic E-state index is 12.5. The molecule has 10 heteroatoms. The van der Waals surface area contributed by atoms with Crippen LogP contribution in [0.5, 0.6) is 11.5 Å². The molecule has 184 valence electrons. The highest BCUT2D eigenvalue weighted by Crippen LogP contribution is 2.23. The van der Waals surface area contributed by atoms with Gasteiger partial charge in [0.15, 0.2) is 0 Å². The number of hydrogen-bond donors (Lipinski definition) is 3. The number of rotatable bonds is 11. The number of nitrogens with zero attached hydrogens (tertiary/aromatic N) is 1. The van der Waals surface area contributed by atoms with Crippen LogP contribution in [0.1, 0.15) is 22.8 Å². The summed E-state index contributed by atoms with van der Waals surface area (Å²) in [6, 6.07) is 13.0. The SMILES string of the molecule is CCN(CCNC(=O)c1cc(OC)ccc1OC)Cc1ccc(Cl)cc1.O=C(O)/C=C/C(=O)O. The lowest BCUT2D eigenvalue weighted by Gasteiger charge is -2.21. The minimum atomic E-state index is -1.26. The number of carbonyl (C=O) groups excluding carboxylic acids is 1. The molecule has 34 heavy (non-hydrogen) atoms. The number of benzene rings is 2. The Hall–Kier alpha value is -3.56. The highest BCUT2D eigenvalue weighted by molar-refractivity contribution is 6.30. The lowest BCUT2D eigenvalue weighted by atomic mass is 10.1. The van der Waals surface area contributed by atoms with Crippen molar-refractivity contribution in [3.63, 3.8) is 0 Å². The van der Waals surface area contributed by atoms with Crippen LogP contribution in [0.2, 0.25) is 5.02 Å². The molecule has 1 amide bonds. The maximum atomic E-state index is 12.5. The summed E-state index contributed by atoms with van der Waals surface area (Å²) in [4.78, 5) is 33.8. The van der Waals surface area contributed by atoms with Crippen molar-refractivity contribution in [3.05, 3.63) is 70.8 Å². The van der Waals surface area contributed by atoms with E-state index in [-0.39, 0.29) is 5.91 Å². The highest BCUT2D eigenvalue weighted by atomic mass is 35.5. The van der Waals surface area contributed by atoms with Crippen LogP contribution in [0.4, 0.5) is 0 Å². The number of carboxylic acids is 2. The topological polar surface area (TPSA) is 125 Å². The van der Waals surface area contributed by atoms with Gasteiger partial charge in [0, 0.05) is 36.8 Å². The van der Waals surface area contributed by atoms with Crippen molar-refractivity contribution in [2.75, 3.05) is 33.9 Å². The summed E-state index contributed by atoms with van der Waals surface area (Å²) in [6.07, 6.45) is 1.12. The van der Waals surface area contributed by atoms with Gasteiger partial charge in [0.2, 0.25) is 0 Å². The van der Waals surface area contributed by atoms with E-state index in [1.165, 1.54) is 5.56 Å². The summed E-state index contributed by atoms with van der Waals surface area (Å²) in [5.41, 5.74) is 1.66. The smallest absolute Gasteiger partial charge is 0.328 e. The predicted molar refractivity (Wildman–Crippen MR) is 129 cm³/mol. The van der Waals surface area contributed by atoms with E-state index in [1.54, 1.807) is 32.4 Å². The minimum Gasteiger partial charge on any atom is -0.497 e. The molecule has 0 radical (unpaired) electrons. The zero-order valence-corrected chi connectivity index (χ0v) is 20.0. The molecular weight excluding hydrogens is 464 g/mol. The van der Waals surface area contributed by atoms with Crippen LogP contribution in [-0.2, 0) is 16.1 Å². The number of likely N-dealkylation sites (N-methyl/N-ethyl adjacent to an activating group) is 1. The lowest BCUT2D eigenvalue weighted by Crippen LogP contribution is -2.34. The van der Waals surface area contributed by atoms with E-state index in [1.807, 2.05) is 24.3 Å². The highest BCUT2D eigenvalue weighted by Gasteiger charge is 2.14. The fourth-order valence-electron chi connectivity index (χ4n) is 2.75. The van der Waals surface area contributed by atoms with Crippen molar-refractivity contribution in [1.29, 1.82) is 0 Å². The van der Waals surface area contributed by atoms with Crippen LogP contribution in [-0.4, -0.2) is 66.8 Å². The van der Waals surface area contributed by atoms with Gasteiger partial charge in [-0.05, 0) is 42.4 Å². The molecule has 0 heterocycles. The molecule has 0 aliphatic heterocycles. The normalized spacial score (nSPS) is 10.4. The van der Waals surface area contributed by atoms with Gasteiger partial charge in [-0.15, -0.1) is 0 Å². The number of ether oxygens (including phenoxy) is 2. The first-order valence-electron chi connectivity index (χ1n) is 10.3. The van der Waals surface area contributed by atoms with Gasteiger partial charge in [0.05, 0.1) is 19.8 Å². The van der Waals surface area contributed by atoms with Crippen LogP contribution in [0.3, 0.4) is 0 Å². The molecule has 2 rings (SSSR count). The van der Waals surface area contributed by atoms with Gasteiger partial charge in [0.25, 0.3) is 5.91 Å². The molecule has 0 saturated carbocycles. The lowest BCUT2D eigenvalue weighted by molar-refractivity contribution is -0.134.